The van der Waals surface area contributed by atoms with E-state index < -0.39 is 11.8 Å². The van der Waals surface area contributed by atoms with Gasteiger partial charge in [-0.15, -0.1) is 0 Å². The van der Waals surface area contributed by atoms with Crippen molar-refractivity contribution in [3.05, 3.63) is 34.7 Å². The van der Waals surface area contributed by atoms with Gasteiger partial charge in [0.2, 0.25) is 0 Å². The standard InChI is InChI=1S/C12H10ClFN2O3/c1-16-8(5-7(15-16)12(17)18)10-9(19-2)4-3-6(13)11(10)14/h3-5H,1-2H3,(H,17,18). The molecule has 100 valence electrons. The Hall–Kier alpha value is -2.08. The third-order valence-corrected chi connectivity index (χ3v) is 2.92. The van der Waals surface area contributed by atoms with E-state index in [0.717, 1.165) is 0 Å². The molecule has 1 N–H and O–H groups in total. The zero-order valence-corrected chi connectivity index (χ0v) is 10.9. The number of aromatic nitrogens is 2. The molecule has 1 aromatic heterocycles. The first-order chi connectivity index (χ1) is 8.95. The Kier molecular flexibility index (Phi) is 3.44. The van der Waals surface area contributed by atoms with Gasteiger partial charge in [-0.2, -0.15) is 5.10 Å². The molecule has 2 aromatic rings. The number of carboxylic acid groups (broad SMARTS) is 1. The lowest BCUT2D eigenvalue weighted by atomic mass is 10.1. The summed E-state index contributed by atoms with van der Waals surface area (Å²) in [6.07, 6.45) is 0. The lowest BCUT2D eigenvalue weighted by Crippen LogP contribution is -2.00. The van der Waals surface area contributed by atoms with Crippen molar-refractivity contribution in [3.63, 3.8) is 0 Å². The number of carbonyl (C=O) groups is 1. The summed E-state index contributed by atoms with van der Waals surface area (Å²) in [4.78, 5) is 10.9. The Bertz CT molecular complexity index is 655. The number of nitrogens with zero attached hydrogens (tertiary/aromatic N) is 2. The first-order valence-corrected chi connectivity index (χ1v) is 5.63. The number of hydrogen-bond acceptors (Lipinski definition) is 3. The number of benzene rings is 1. The highest BCUT2D eigenvalue weighted by Crippen LogP contribution is 2.36. The normalized spacial score (nSPS) is 10.5. The van der Waals surface area contributed by atoms with E-state index in [9.17, 15) is 9.18 Å². The number of methoxy groups -OCH3 is 1. The van der Waals surface area contributed by atoms with Gasteiger partial charge in [0.05, 0.1) is 23.4 Å². The van der Waals surface area contributed by atoms with E-state index in [1.807, 2.05) is 0 Å². The predicted molar refractivity (Wildman–Crippen MR) is 67.1 cm³/mol. The minimum absolute atomic E-state index is 0.0751. The van der Waals surface area contributed by atoms with Crippen molar-refractivity contribution in [1.29, 1.82) is 0 Å². The quantitative estimate of drug-likeness (QED) is 0.941. The Morgan fingerprint density at radius 3 is 2.74 bits per heavy atom. The molecule has 0 amide bonds. The lowest BCUT2D eigenvalue weighted by molar-refractivity contribution is 0.0689. The van der Waals surface area contributed by atoms with Crippen LogP contribution in [0.15, 0.2) is 18.2 Å². The van der Waals surface area contributed by atoms with Gasteiger partial charge < -0.3 is 9.84 Å². The van der Waals surface area contributed by atoms with Gasteiger partial charge in [-0.3, -0.25) is 4.68 Å². The van der Waals surface area contributed by atoms with Crippen LogP contribution in [0.25, 0.3) is 11.3 Å². The molecule has 1 heterocycles. The van der Waals surface area contributed by atoms with Crippen molar-refractivity contribution in [2.45, 2.75) is 0 Å². The van der Waals surface area contributed by atoms with Crippen LogP contribution in [-0.4, -0.2) is 28.0 Å². The average Bonchev–Trinajstić information content (AvgIpc) is 2.74. The minimum atomic E-state index is -1.19. The smallest absolute Gasteiger partial charge is 0.356 e. The Morgan fingerprint density at radius 1 is 1.53 bits per heavy atom. The van der Waals surface area contributed by atoms with Crippen molar-refractivity contribution in [1.82, 2.24) is 9.78 Å². The number of aryl methyl sites for hydroxylation is 1. The molecule has 7 heteroatoms. The van der Waals surface area contributed by atoms with E-state index in [2.05, 4.69) is 5.10 Å². The van der Waals surface area contributed by atoms with Crippen molar-refractivity contribution in [2.24, 2.45) is 7.05 Å². The second kappa shape index (κ2) is 4.89. The zero-order valence-electron chi connectivity index (χ0n) is 10.1. The number of halogens is 2. The highest BCUT2D eigenvalue weighted by atomic mass is 35.5. The summed E-state index contributed by atoms with van der Waals surface area (Å²) in [6, 6.07) is 4.14. The molecule has 2 rings (SSSR count). The molecular weight excluding hydrogens is 275 g/mol. The predicted octanol–water partition coefficient (Wildman–Crippen LogP) is 2.59. The van der Waals surface area contributed by atoms with Crippen LogP contribution in [-0.2, 0) is 7.05 Å². The second-order valence-corrected chi connectivity index (χ2v) is 4.19. The van der Waals surface area contributed by atoms with Crippen molar-refractivity contribution in [2.75, 3.05) is 7.11 Å². The number of hydrogen-bond donors (Lipinski definition) is 1. The summed E-state index contributed by atoms with van der Waals surface area (Å²) in [6.45, 7) is 0. The molecule has 5 nitrogen and oxygen atoms in total. The summed E-state index contributed by atoms with van der Waals surface area (Å²) in [5, 5.41) is 12.6. The van der Waals surface area contributed by atoms with E-state index >= 15 is 0 Å². The highest BCUT2D eigenvalue weighted by Gasteiger charge is 2.21. The first-order valence-electron chi connectivity index (χ1n) is 5.25. The molecule has 0 bridgehead atoms. The Morgan fingerprint density at radius 2 is 2.21 bits per heavy atom. The molecule has 0 spiro atoms. The maximum Gasteiger partial charge on any atom is 0.356 e. The molecular formula is C12H10ClFN2O3. The van der Waals surface area contributed by atoms with E-state index in [4.69, 9.17) is 21.4 Å². The first kappa shape index (κ1) is 13.4. The fourth-order valence-electron chi connectivity index (χ4n) is 1.75. The van der Waals surface area contributed by atoms with Gasteiger partial charge in [0.15, 0.2) is 11.5 Å². The lowest BCUT2D eigenvalue weighted by Gasteiger charge is -2.10. The van der Waals surface area contributed by atoms with Crippen LogP contribution >= 0.6 is 11.6 Å². The second-order valence-electron chi connectivity index (χ2n) is 3.78. The SMILES string of the molecule is COc1ccc(Cl)c(F)c1-c1cc(C(=O)O)nn1C. The Labute approximate surface area is 113 Å². The average molecular weight is 285 g/mol. The van der Waals surface area contributed by atoms with Gasteiger partial charge in [0.25, 0.3) is 0 Å². The number of aromatic carboxylic acids is 1. The van der Waals surface area contributed by atoms with Crippen LogP contribution in [0.4, 0.5) is 4.39 Å². The number of ether oxygens (including phenoxy) is 1. The molecule has 0 aliphatic rings. The van der Waals surface area contributed by atoms with Gasteiger partial charge >= 0.3 is 5.97 Å². The van der Waals surface area contributed by atoms with Crippen LogP contribution in [0.5, 0.6) is 5.75 Å². The molecule has 0 aliphatic carbocycles. The zero-order chi connectivity index (χ0) is 14.2. The van der Waals surface area contributed by atoms with E-state index in [1.165, 1.54) is 37.0 Å². The van der Waals surface area contributed by atoms with Gasteiger partial charge in [0.1, 0.15) is 5.75 Å². The fourth-order valence-corrected chi connectivity index (χ4v) is 1.90. The topological polar surface area (TPSA) is 64.3 Å². The number of carboxylic acids is 1. The van der Waals surface area contributed by atoms with Crippen LogP contribution in [0.2, 0.25) is 5.02 Å². The monoisotopic (exact) mass is 284 g/mol. The van der Waals surface area contributed by atoms with E-state index in [0.29, 0.717) is 0 Å². The molecule has 0 atom stereocenters. The fraction of sp³-hybridized carbons (Fsp3) is 0.167. The van der Waals surface area contributed by atoms with Gasteiger partial charge in [-0.1, -0.05) is 11.6 Å². The number of rotatable bonds is 3. The molecule has 0 aliphatic heterocycles. The highest BCUT2D eigenvalue weighted by molar-refractivity contribution is 6.31. The van der Waals surface area contributed by atoms with Crippen LogP contribution < -0.4 is 4.74 Å². The third kappa shape index (κ3) is 2.26. The van der Waals surface area contributed by atoms with Crippen LogP contribution in [0.1, 0.15) is 10.5 Å². The third-order valence-electron chi connectivity index (χ3n) is 2.63. The summed E-state index contributed by atoms with van der Waals surface area (Å²) in [7, 11) is 2.90. The molecule has 1 aromatic carbocycles. The molecule has 0 saturated carbocycles. The van der Waals surface area contributed by atoms with Gasteiger partial charge in [0, 0.05) is 7.05 Å². The maximum atomic E-state index is 14.1. The molecule has 19 heavy (non-hydrogen) atoms. The van der Waals surface area contributed by atoms with Crippen molar-refractivity contribution >= 4 is 17.6 Å². The van der Waals surface area contributed by atoms with Gasteiger partial charge in [-0.25, -0.2) is 9.18 Å². The van der Waals surface area contributed by atoms with Crippen molar-refractivity contribution in [3.8, 4) is 17.0 Å². The molecule has 0 radical (unpaired) electrons. The Balaban J connectivity index is 2.71. The molecule has 0 fully saturated rings. The minimum Gasteiger partial charge on any atom is -0.496 e. The van der Waals surface area contributed by atoms with Crippen LogP contribution in [0.3, 0.4) is 0 Å². The van der Waals surface area contributed by atoms with E-state index in [-0.39, 0.29) is 27.7 Å². The summed E-state index contributed by atoms with van der Waals surface area (Å²) >= 11 is 5.74. The van der Waals surface area contributed by atoms with Gasteiger partial charge in [-0.05, 0) is 18.2 Å². The maximum absolute atomic E-state index is 14.1. The van der Waals surface area contributed by atoms with E-state index in [1.54, 1.807) is 0 Å². The van der Waals surface area contributed by atoms with Crippen LogP contribution in [0, 0.1) is 5.82 Å². The summed E-state index contributed by atoms with van der Waals surface area (Å²) in [5.74, 6) is -1.62. The van der Waals surface area contributed by atoms with Crippen molar-refractivity contribution < 1.29 is 19.0 Å². The molecule has 0 unspecified atom stereocenters. The largest absolute Gasteiger partial charge is 0.496 e. The summed E-state index contributed by atoms with van der Waals surface area (Å²) in [5.41, 5.74) is 0.172. The summed E-state index contributed by atoms with van der Waals surface area (Å²) < 4.78 is 20.5. The molecule has 0 saturated heterocycles.